The van der Waals surface area contributed by atoms with Crippen LogP contribution in [-0.4, -0.2) is 66.5 Å². The van der Waals surface area contributed by atoms with Crippen molar-refractivity contribution in [2.24, 2.45) is 0 Å². The van der Waals surface area contributed by atoms with Crippen molar-refractivity contribution >= 4 is 25.7 Å². The van der Waals surface area contributed by atoms with Gasteiger partial charge < -0.3 is 24.2 Å². The summed E-state index contributed by atoms with van der Waals surface area (Å²) in [6.45, 7) is 4.38. The molecule has 0 aromatic heterocycles. The van der Waals surface area contributed by atoms with Crippen LogP contribution in [-0.2, 0) is 42.2 Å². The number of hydrogen-bond donors (Lipinski definition) is 2. The molecule has 0 aliphatic rings. The van der Waals surface area contributed by atoms with Gasteiger partial charge in [-0.25, -0.2) is 4.57 Å². The Bertz CT molecular complexity index is 1610. The van der Waals surface area contributed by atoms with E-state index in [1.165, 1.54) is 70.6 Å². The molecule has 0 saturated heterocycles. The Morgan fingerprint density at radius 1 is 0.392 bits per heavy atom. The molecule has 2 N–H and O–H groups in total. The van der Waals surface area contributed by atoms with Crippen molar-refractivity contribution in [1.29, 1.82) is 0 Å². The second kappa shape index (κ2) is 55.6. The molecule has 0 fully saturated rings. The zero-order valence-electron chi connectivity index (χ0n) is 46.8. The Kier molecular flexibility index (Phi) is 52.9. The van der Waals surface area contributed by atoms with Crippen LogP contribution in [0.4, 0.5) is 0 Å². The molecule has 0 amide bonds. The van der Waals surface area contributed by atoms with E-state index in [-0.39, 0.29) is 25.9 Å². The summed E-state index contributed by atoms with van der Waals surface area (Å²) in [7, 11) is -4.77. The number of carbonyl (C=O) groups excluding carboxylic acids is 3. The molecule has 0 aromatic rings. The molecule has 74 heavy (non-hydrogen) atoms. The van der Waals surface area contributed by atoms with Crippen LogP contribution in [0.3, 0.4) is 0 Å². The van der Waals surface area contributed by atoms with E-state index in [2.05, 4.69) is 106 Å². The molecule has 3 unspecified atom stereocenters. The molecule has 0 bridgehead atoms. The molecule has 0 aliphatic carbocycles. The summed E-state index contributed by atoms with van der Waals surface area (Å²) < 4.78 is 39.4. The van der Waals surface area contributed by atoms with Crippen LogP contribution in [0.25, 0.3) is 0 Å². The Hall–Kier alpha value is -3.60. The number of carbonyl (C=O) groups is 3. The number of allylic oxidation sites excluding steroid dienone is 16. The molecule has 424 valence electrons. The number of rotatable bonds is 53. The van der Waals surface area contributed by atoms with Gasteiger partial charge in [0.25, 0.3) is 0 Å². The van der Waals surface area contributed by atoms with Gasteiger partial charge >= 0.3 is 25.7 Å². The molecule has 0 aliphatic heterocycles. The van der Waals surface area contributed by atoms with E-state index in [9.17, 15) is 28.9 Å². The van der Waals surface area contributed by atoms with Gasteiger partial charge in [-0.3, -0.25) is 23.4 Å². The third-order valence-corrected chi connectivity index (χ3v) is 12.9. The van der Waals surface area contributed by atoms with Crippen molar-refractivity contribution in [3.63, 3.8) is 0 Å². The van der Waals surface area contributed by atoms with Gasteiger partial charge in [0.1, 0.15) is 12.7 Å². The summed E-state index contributed by atoms with van der Waals surface area (Å²) in [4.78, 5) is 48.5. The first-order chi connectivity index (χ1) is 36.2. The number of unbranched alkanes of at least 4 members (excludes halogenated alkanes) is 20. The summed E-state index contributed by atoms with van der Waals surface area (Å²) in [6.07, 6.45) is 65.2. The topological polar surface area (TPSA) is 155 Å². The predicted octanol–water partition coefficient (Wildman–Crippen LogP) is 17.3. The van der Waals surface area contributed by atoms with Crippen molar-refractivity contribution in [2.45, 2.75) is 251 Å². The predicted molar refractivity (Wildman–Crippen MR) is 307 cm³/mol. The number of aliphatic hydroxyl groups is 1. The first kappa shape index (κ1) is 70.4. The van der Waals surface area contributed by atoms with Crippen LogP contribution in [0.2, 0.25) is 0 Å². The summed E-state index contributed by atoms with van der Waals surface area (Å²) in [6, 6.07) is 0. The van der Waals surface area contributed by atoms with Gasteiger partial charge in [0.05, 0.1) is 19.8 Å². The smallest absolute Gasteiger partial charge is 0.462 e. The third kappa shape index (κ3) is 53.2. The standard InChI is InChI=1S/C62H105O11P/c1-4-7-10-13-16-19-22-25-27-28-29-30-32-35-38-41-44-47-50-53-62(66)73-59(55-69-60(64)51-48-45-42-39-36-33-24-21-18-15-12-9-6-3)57-71-74(67,68)70-56-58(54-63)72-61(65)52-49-46-43-40-37-34-31-26-23-20-17-14-11-8-5-2/h9,12,16-21,25-27,31,33,36,42,45,58-59,63H,4-8,10-11,13-15,22-24,28-30,32,34-35,37-41,43-44,46-57H2,1-3H3,(H,67,68)/b12-9-,19-16-,20-17-,21-18-,27-25-,31-26-,36-33-,45-42-. The average Bonchev–Trinajstić information content (AvgIpc) is 3.39. The molecule has 0 spiro atoms. The maximum absolute atomic E-state index is 12.9. The molecule has 0 rings (SSSR count). The van der Waals surface area contributed by atoms with E-state index in [0.29, 0.717) is 19.3 Å². The van der Waals surface area contributed by atoms with Crippen LogP contribution in [0.1, 0.15) is 239 Å². The van der Waals surface area contributed by atoms with Crippen molar-refractivity contribution in [1.82, 2.24) is 0 Å². The fraction of sp³-hybridized carbons (Fsp3) is 0.694. The SMILES string of the molecule is CC/C=C\C/C=C\C/C=C\C/C=C\CCC(=O)OCC(COP(=O)(O)OCC(CO)OC(=O)CCCCCCC/C=C\C/C=C\CCCCC)OC(=O)CCCCCCCCCCC/C=C\C/C=C\CCCCC. The minimum atomic E-state index is -4.77. The number of hydrogen-bond acceptors (Lipinski definition) is 10. The van der Waals surface area contributed by atoms with Crippen molar-refractivity contribution in [2.75, 3.05) is 26.4 Å². The van der Waals surface area contributed by atoms with Crippen LogP contribution < -0.4 is 0 Å². The highest BCUT2D eigenvalue weighted by Gasteiger charge is 2.28. The zero-order chi connectivity index (χ0) is 54.1. The monoisotopic (exact) mass is 1060 g/mol. The summed E-state index contributed by atoms with van der Waals surface area (Å²) in [5, 5.41) is 9.81. The van der Waals surface area contributed by atoms with Crippen LogP contribution in [0.5, 0.6) is 0 Å². The Morgan fingerprint density at radius 2 is 0.730 bits per heavy atom. The van der Waals surface area contributed by atoms with E-state index < -0.39 is 57.8 Å². The molecule has 0 aromatic carbocycles. The van der Waals surface area contributed by atoms with Gasteiger partial charge in [0.2, 0.25) is 0 Å². The number of phosphoric acid groups is 1. The van der Waals surface area contributed by atoms with Gasteiger partial charge in [-0.1, -0.05) is 208 Å². The van der Waals surface area contributed by atoms with E-state index in [1.54, 1.807) is 0 Å². The van der Waals surface area contributed by atoms with Gasteiger partial charge in [0, 0.05) is 19.3 Å². The largest absolute Gasteiger partial charge is 0.472 e. The lowest BCUT2D eigenvalue weighted by Gasteiger charge is -2.21. The quantitative estimate of drug-likeness (QED) is 0.0197. The highest BCUT2D eigenvalue weighted by molar-refractivity contribution is 7.47. The zero-order valence-corrected chi connectivity index (χ0v) is 47.7. The van der Waals surface area contributed by atoms with Crippen molar-refractivity contribution < 1.29 is 52.2 Å². The fourth-order valence-corrected chi connectivity index (χ4v) is 8.33. The van der Waals surface area contributed by atoms with Crippen LogP contribution in [0, 0.1) is 0 Å². The lowest BCUT2D eigenvalue weighted by atomic mass is 10.1. The summed E-state index contributed by atoms with van der Waals surface area (Å²) in [5.41, 5.74) is 0. The van der Waals surface area contributed by atoms with Gasteiger partial charge in [-0.05, 0) is 109 Å². The lowest BCUT2D eigenvalue weighted by molar-refractivity contribution is -0.161. The molecule has 0 radical (unpaired) electrons. The average molecular weight is 1060 g/mol. The molecule has 0 heterocycles. The first-order valence-electron chi connectivity index (χ1n) is 29.1. The molecule has 11 nitrogen and oxygen atoms in total. The van der Waals surface area contributed by atoms with Crippen molar-refractivity contribution in [3.05, 3.63) is 97.2 Å². The van der Waals surface area contributed by atoms with Gasteiger partial charge in [-0.15, -0.1) is 0 Å². The van der Waals surface area contributed by atoms with E-state index in [4.69, 9.17) is 23.3 Å². The maximum atomic E-state index is 12.9. The number of aliphatic hydroxyl groups excluding tert-OH is 1. The van der Waals surface area contributed by atoms with E-state index >= 15 is 0 Å². The molecular weight excluding hydrogens is 952 g/mol. The normalized spacial score (nSPS) is 14.1. The maximum Gasteiger partial charge on any atom is 0.472 e. The lowest BCUT2D eigenvalue weighted by Crippen LogP contribution is -2.30. The second-order valence-electron chi connectivity index (χ2n) is 19.1. The molecule has 0 saturated carbocycles. The molecule has 12 heteroatoms. The minimum absolute atomic E-state index is 0.100. The van der Waals surface area contributed by atoms with E-state index in [0.717, 1.165) is 109 Å². The second-order valence-corrected chi connectivity index (χ2v) is 20.5. The Morgan fingerprint density at radius 3 is 1.14 bits per heavy atom. The number of ether oxygens (including phenoxy) is 3. The number of esters is 3. The summed E-state index contributed by atoms with van der Waals surface area (Å²) in [5.74, 6) is -1.58. The molecule has 3 atom stereocenters. The Labute approximate surface area is 451 Å². The number of phosphoric ester groups is 1. The highest BCUT2D eigenvalue weighted by atomic mass is 31.2. The van der Waals surface area contributed by atoms with Crippen molar-refractivity contribution in [3.8, 4) is 0 Å². The fourth-order valence-electron chi connectivity index (χ4n) is 7.55. The minimum Gasteiger partial charge on any atom is -0.462 e. The van der Waals surface area contributed by atoms with Crippen LogP contribution in [0.15, 0.2) is 97.2 Å². The van der Waals surface area contributed by atoms with Gasteiger partial charge in [-0.2, -0.15) is 0 Å². The first-order valence-corrected chi connectivity index (χ1v) is 30.6. The molecular formula is C62H105O11P. The van der Waals surface area contributed by atoms with E-state index in [1.807, 2.05) is 12.2 Å². The van der Waals surface area contributed by atoms with Crippen LogP contribution >= 0.6 is 7.82 Å². The Balaban J connectivity index is 4.79. The third-order valence-electron chi connectivity index (χ3n) is 12.0. The summed E-state index contributed by atoms with van der Waals surface area (Å²) >= 11 is 0. The highest BCUT2D eigenvalue weighted by Crippen LogP contribution is 2.43. The van der Waals surface area contributed by atoms with Gasteiger partial charge in [0.15, 0.2) is 6.10 Å².